The van der Waals surface area contributed by atoms with Gasteiger partial charge in [-0.15, -0.1) is 11.3 Å². The number of ether oxygens (including phenoxy) is 3. The first-order valence-electron chi connectivity index (χ1n) is 11.3. The monoisotopic (exact) mass is 488 g/mol. The molecule has 0 spiro atoms. The zero-order valence-electron chi connectivity index (χ0n) is 19.8. The van der Waals surface area contributed by atoms with E-state index in [0.717, 1.165) is 34.4 Å². The van der Waals surface area contributed by atoms with Gasteiger partial charge < -0.3 is 19.5 Å². The van der Waals surface area contributed by atoms with Crippen molar-refractivity contribution in [3.63, 3.8) is 0 Å². The second-order valence-electron chi connectivity index (χ2n) is 8.09. The van der Waals surface area contributed by atoms with Crippen molar-refractivity contribution in [2.45, 2.75) is 33.4 Å². The molecule has 0 bridgehead atoms. The van der Waals surface area contributed by atoms with E-state index >= 15 is 0 Å². The Balaban J connectivity index is 1.72. The number of esters is 1. The molecule has 3 heterocycles. The van der Waals surface area contributed by atoms with Gasteiger partial charge in [-0.1, -0.05) is 6.07 Å². The molecule has 8 nitrogen and oxygen atoms in total. The van der Waals surface area contributed by atoms with Crippen LogP contribution >= 0.6 is 11.3 Å². The summed E-state index contributed by atoms with van der Waals surface area (Å²) in [4.78, 5) is 25.6. The van der Waals surface area contributed by atoms with Gasteiger partial charge in [0.15, 0.2) is 11.6 Å². The molecule has 34 heavy (non-hydrogen) atoms. The average Bonchev–Trinajstić information content (AvgIpc) is 3.16. The number of nitrogens with one attached hydrogen (secondary N) is 1. The standard InChI is InChI=1S/C24H29FN4O4S/c1-5-33-24(30)21-14(2)20-22(26-15(3)16-6-7-18(31-4)17(25)12-16)27-19(28-23(20)34-21)13-29-8-10-32-11-9-29/h6-7,12,15H,5,8-11,13H2,1-4H3,(H,26,27,28). The van der Waals surface area contributed by atoms with Crippen molar-refractivity contribution in [2.75, 3.05) is 45.3 Å². The molecule has 10 heteroatoms. The number of fused-ring (bicyclic) bond motifs is 1. The van der Waals surface area contributed by atoms with Gasteiger partial charge in [-0.2, -0.15) is 0 Å². The molecule has 1 aliphatic heterocycles. The average molecular weight is 489 g/mol. The Morgan fingerprint density at radius 2 is 2.09 bits per heavy atom. The van der Waals surface area contributed by atoms with E-state index in [2.05, 4.69) is 10.2 Å². The van der Waals surface area contributed by atoms with Crippen LogP contribution in [0.25, 0.3) is 10.2 Å². The van der Waals surface area contributed by atoms with Crippen LogP contribution in [0.1, 0.15) is 46.5 Å². The quantitative estimate of drug-likeness (QED) is 0.469. The number of rotatable bonds is 8. The predicted molar refractivity (Wildman–Crippen MR) is 129 cm³/mol. The van der Waals surface area contributed by atoms with Crippen molar-refractivity contribution in [2.24, 2.45) is 0 Å². The molecule has 0 saturated carbocycles. The van der Waals surface area contributed by atoms with Gasteiger partial charge in [0.25, 0.3) is 0 Å². The topological polar surface area (TPSA) is 85.8 Å². The molecule has 1 saturated heterocycles. The number of aromatic nitrogens is 2. The second kappa shape index (κ2) is 10.6. The normalized spacial score (nSPS) is 15.3. The Morgan fingerprint density at radius 3 is 2.76 bits per heavy atom. The van der Waals surface area contributed by atoms with E-state index in [1.807, 2.05) is 19.9 Å². The molecule has 0 amide bonds. The Hall–Kier alpha value is -2.82. The molecule has 1 N–H and O–H groups in total. The van der Waals surface area contributed by atoms with Gasteiger partial charge in [0, 0.05) is 13.1 Å². The lowest BCUT2D eigenvalue weighted by Gasteiger charge is -2.26. The van der Waals surface area contributed by atoms with E-state index in [-0.39, 0.29) is 17.8 Å². The first-order chi connectivity index (χ1) is 16.4. The number of anilines is 1. The summed E-state index contributed by atoms with van der Waals surface area (Å²) >= 11 is 1.31. The summed E-state index contributed by atoms with van der Waals surface area (Å²) in [6, 6.07) is 4.63. The minimum Gasteiger partial charge on any atom is -0.494 e. The molecule has 1 unspecified atom stereocenters. The maximum absolute atomic E-state index is 14.3. The number of methoxy groups -OCH3 is 1. The van der Waals surface area contributed by atoms with Crippen molar-refractivity contribution in [1.29, 1.82) is 0 Å². The molecular formula is C24H29FN4O4S. The Kier molecular flexibility index (Phi) is 7.60. The summed E-state index contributed by atoms with van der Waals surface area (Å²) in [6.45, 7) is 9.44. The van der Waals surface area contributed by atoms with Crippen LogP contribution in [0.3, 0.4) is 0 Å². The van der Waals surface area contributed by atoms with E-state index in [1.165, 1.54) is 24.5 Å². The molecule has 1 fully saturated rings. The highest BCUT2D eigenvalue weighted by atomic mass is 32.1. The van der Waals surface area contributed by atoms with Crippen molar-refractivity contribution in [3.05, 3.63) is 45.8 Å². The third-order valence-corrected chi connectivity index (χ3v) is 6.96. The lowest BCUT2D eigenvalue weighted by Crippen LogP contribution is -2.36. The third kappa shape index (κ3) is 5.13. The number of aryl methyl sites for hydroxylation is 1. The van der Waals surface area contributed by atoms with Crippen molar-refractivity contribution in [3.8, 4) is 5.75 Å². The fraction of sp³-hybridized carbons (Fsp3) is 0.458. The summed E-state index contributed by atoms with van der Waals surface area (Å²) in [5.41, 5.74) is 1.52. The summed E-state index contributed by atoms with van der Waals surface area (Å²) < 4.78 is 30.0. The molecule has 0 aliphatic carbocycles. The van der Waals surface area contributed by atoms with Gasteiger partial charge in [-0.3, -0.25) is 4.90 Å². The van der Waals surface area contributed by atoms with Gasteiger partial charge in [0.2, 0.25) is 0 Å². The first kappa shape index (κ1) is 24.3. The van der Waals surface area contributed by atoms with Crippen LogP contribution in [-0.2, 0) is 16.0 Å². The summed E-state index contributed by atoms with van der Waals surface area (Å²) in [5.74, 6) is 0.670. The number of morpholine rings is 1. The fourth-order valence-electron chi connectivity index (χ4n) is 3.95. The lowest BCUT2D eigenvalue weighted by atomic mass is 10.1. The zero-order chi connectivity index (χ0) is 24.2. The van der Waals surface area contributed by atoms with Gasteiger partial charge in [-0.05, 0) is 44.0 Å². The number of carbonyl (C=O) groups excluding carboxylic acids is 1. The van der Waals surface area contributed by atoms with Crippen LogP contribution in [0.5, 0.6) is 5.75 Å². The summed E-state index contributed by atoms with van der Waals surface area (Å²) in [7, 11) is 1.44. The number of benzene rings is 1. The molecule has 1 aliphatic rings. The van der Waals surface area contributed by atoms with Crippen LogP contribution < -0.4 is 10.1 Å². The number of hydrogen-bond donors (Lipinski definition) is 1. The number of hydrogen-bond acceptors (Lipinski definition) is 9. The third-order valence-electron chi connectivity index (χ3n) is 5.80. The SMILES string of the molecule is CCOC(=O)c1sc2nc(CN3CCOCC3)nc(NC(C)c3ccc(OC)c(F)c3)c2c1C. The highest BCUT2D eigenvalue weighted by Gasteiger charge is 2.23. The van der Waals surface area contributed by atoms with Crippen LogP contribution in [0.2, 0.25) is 0 Å². The Bertz CT molecular complexity index is 1180. The maximum atomic E-state index is 14.3. The largest absolute Gasteiger partial charge is 0.494 e. The van der Waals surface area contributed by atoms with E-state index < -0.39 is 5.82 Å². The molecule has 2 aromatic heterocycles. The number of carbonyl (C=O) groups is 1. The maximum Gasteiger partial charge on any atom is 0.348 e. The van der Waals surface area contributed by atoms with Gasteiger partial charge in [-0.25, -0.2) is 19.2 Å². The molecule has 1 atom stereocenters. The predicted octanol–water partition coefficient (Wildman–Crippen LogP) is 4.33. The van der Waals surface area contributed by atoms with E-state index in [9.17, 15) is 9.18 Å². The van der Waals surface area contributed by atoms with Crippen LogP contribution in [0.15, 0.2) is 18.2 Å². The zero-order valence-corrected chi connectivity index (χ0v) is 20.6. The molecule has 182 valence electrons. The van der Waals surface area contributed by atoms with E-state index in [4.69, 9.17) is 24.2 Å². The van der Waals surface area contributed by atoms with E-state index in [0.29, 0.717) is 42.9 Å². The smallest absolute Gasteiger partial charge is 0.348 e. The van der Waals surface area contributed by atoms with Crippen molar-refractivity contribution >= 4 is 33.3 Å². The van der Waals surface area contributed by atoms with Gasteiger partial charge in [0.05, 0.1) is 44.9 Å². The van der Waals surface area contributed by atoms with Crippen LogP contribution in [-0.4, -0.2) is 60.9 Å². The highest BCUT2D eigenvalue weighted by molar-refractivity contribution is 7.20. The molecule has 0 radical (unpaired) electrons. The number of nitrogens with zero attached hydrogens (tertiary/aromatic N) is 3. The van der Waals surface area contributed by atoms with Crippen molar-refractivity contribution < 1.29 is 23.4 Å². The van der Waals surface area contributed by atoms with Crippen molar-refractivity contribution in [1.82, 2.24) is 14.9 Å². The molecule has 4 rings (SSSR count). The fourth-order valence-corrected chi connectivity index (χ4v) is 5.04. The minimum absolute atomic E-state index is 0.195. The molecule has 3 aromatic rings. The summed E-state index contributed by atoms with van der Waals surface area (Å²) in [6.07, 6.45) is 0. The minimum atomic E-state index is -0.425. The van der Waals surface area contributed by atoms with Gasteiger partial charge >= 0.3 is 5.97 Å². The Morgan fingerprint density at radius 1 is 1.32 bits per heavy atom. The van der Waals surface area contributed by atoms with Crippen LogP contribution in [0.4, 0.5) is 10.2 Å². The lowest BCUT2D eigenvalue weighted by molar-refractivity contribution is 0.0331. The molecular weight excluding hydrogens is 459 g/mol. The van der Waals surface area contributed by atoms with Gasteiger partial charge in [0.1, 0.15) is 21.3 Å². The molecule has 1 aromatic carbocycles. The first-order valence-corrected chi connectivity index (χ1v) is 12.1. The summed E-state index contributed by atoms with van der Waals surface area (Å²) in [5, 5.41) is 4.20. The number of halogens is 1. The Labute approximate surface area is 202 Å². The van der Waals surface area contributed by atoms with Crippen LogP contribution in [0, 0.1) is 12.7 Å². The second-order valence-corrected chi connectivity index (χ2v) is 9.09. The highest BCUT2D eigenvalue weighted by Crippen LogP contribution is 2.36. The van der Waals surface area contributed by atoms with E-state index in [1.54, 1.807) is 13.0 Å². The number of thiophene rings is 1.